The third-order valence-electron chi connectivity index (χ3n) is 4.86. The van der Waals surface area contributed by atoms with E-state index < -0.39 is 0 Å². The van der Waals surface area contributed by atoms with E-state index in [1.807, 2.05) is 0 Å². The molecule has 1 aliphatic rings. The summed E-state index contributed by atoms with van der Waals surface area (Å²) in [5, 5.41) is 7.63. The Morgan fingerprint density at radius 3 is 2.43 bits per heavy atom. The molecule has 0 bridgehead atoms. The van der Waals surface area contributed by atoms with Crippen LogP contribution in [-0.4, -0.2) is 30.4 Å². The number of hydrogen-bond donors (Lipinski definition) is 2. The number of rotatable bonds is 6. The Morgan fingerprint density at radius 1 is 1.24 bits per heavy atom. The SMILES string of the molecule is CC(C)(CCN1CCC(Cc2ccccc2)CC1)C(=N)N. The van der Waals surface area contributed by atoms with Crippen LogP contribution in [0.25, 0.3) is 0 Å². The van der Waals surface area contributed by atoms with Crippen LogP contribution in [0.2, 0.25) is 0 Å². The van der Waals surface area contributed by atoms with Crippen LogP contribution in [0.15, 0.2) is 30.3 Å². The maximum Gasteiger partial charge on any atom is 0.0963 e. The Labute approximate surface area is 129 Å². The van der Waals surface area contributed by atoms with Crippen molar-refractivity contribution in [2.75, 3.05) is 19.6 Å². The largest absolute Gasteiger partial charge is 0.387 e. The van der Waals surface area contributed by atoms with E-state index in [4.69, 9.17) is 11.1 Å². The summed E-state index contributed by atoms with van der Waals surface area (Å²) < 4.78 is 0. The van der Waals surface area contributed by atoms with Crippen molar-refractivity contribution in [2.45, 2.75) is 39.5 Å². The molecule has 1 saturated heterocycles. The Morgan fingerprint density at radius 2 is 1.86 bits per heavy atom. The molecule has 0 aromatic heterocycles. The Kier molecular flexibility index (Phi) is 5.40. The van der Waals surface area contributed by atoms with Crippen LogP contribution in [0.4, 0.5) is 0 Å². The lowest BCUT2D eigenvalue weighted by Crippen LogP contribution is -2.39. The van der Waals surface area contributed by atoms with Crippen molar-refractivity contribution in [1.29, 1.82) is 5.41 Å². The van der Waals surface area contributed by atoms with Gasteiger partial charge in [0, 0.05) is 5.41 Å². The Hall–Kier alpha value is -1.35. The fraction of sp³-hybridized carbons (Fsp3) is 0.611. The molecule has 1 aromatic carbocycles. The van der Waals surface area contributed by atoms with Gasteiger partial charge < -0.3 is 10.6 Å². The summed E-state index contributed by atoms with van der Waals surface area (Å²) in [7, 11) is 0. The zero-order chi connectivity index (χ0) is 15.3. The second kappa shape index (κ2) is 7.08. The summed E-state index contributed by atoms with van der Waals surface area (Å²) in [5.41, 5.74) is 6.96. The minimum absolute atomic E-state index is 0.166. The van der Waals surface area contributed by atoms with Gasteiger partial charge in [0.15, 0.2) is 0 Å². The molecule has 1 aliphatic heterocycles. The smallest absolute Gasteiger partial charge is 0.0963 e. The van der Waals surface area contributed by atoms with Crippen LogP contribution in [0.3, 0.4) is 0 Å². The number of benzene rings is 1. The molecule has 0 atom stereocenters. The van der Waals surface area contributed by atoms with E-state index in [2.05, 4.69) is 49.1 Å². The monoisotopic (exact) mass is 287 g/mol. The number of nitrogens with two attached hydrogens (primary N) is 1. The minimum Gasteiger partial charge on any atom is -0.387 e. The molecule has 0 radical (unpaired) electrons. The summed E-state index contributed by atoms with van der Waals surface area (Å²) in [5.74, 6) is 1.13. The molecular weight excluding hydrogens is 258 g/mol. The van der Waals surface area contributed by atoms with E-state index in [1.54, 1.807) is 0 Å². The number of piperidine rings is 1. The highest BCUT2D eigenvalue weighted by Crippen LogP contribution is 2.24. The molecule has 0 spiro atoms. The number of amidine groups is 1. The summed E-state index contributed by atoms with van der Waals surface area (Å²) in [6.07, 6.45) is 4.77. The predicted octanol–water partition coefficient (Wildman–Crippen LogP) is 3.29. The first-order chi connectivity index (χ1) is 9.97. The van der Waals surface area contributed by atoms with Crippen molar-refractivity contribution < 1.29 is 0 Å². The van der Waals surface area contributed by atoms with Crippen molar-refractivity contribution in [1.82, 2.24) is 4.90 Å². The van der Waals surface area contributed by atoms with E-state index in [1.165, 1.54) is 37.9 Å². The zero-order valence-corrected chi connectivity index (χ0v) is 13.4. The summed E-state index contributed by atoms with van der Waals surface area (Å²) in [6.45, 7) is 7.57. The molecule has 1 heterocycles. The molecular formula is C18H29N3. The first-order valence-electron chi connectivity index (χ1n) is 8.08. The van der Waals surface area contributed by atoms with Gasteiger partial charge >= 0.3 is 0 Å². The average Bonchev–Trinajstić information content (AvgIpc) is 2.47. The van der Waals surface area contributed by atoms with E-state index in [9.17, 15) is 0 Å². The molecule has 0 amide bonds. The van der Waals surface area contributed by atoms with Crippen molar-refractivity contribution in [3.8, 4) is 0 Å². The lowest BCUT2D eigenvalue weighted by atomic mass is 9.86. The summed E-state index contributed by atoms with van der Waals surface area (Å²) in [6, 6.07) is 10.8. The van der Waals surface area contributed by atoms with Crippen molar-refractivity contribution in [3.63, 3.8) is 0 Å². The molecule has 0 unspecified atom stereocenters. The van der Waals surface area contributed by atoms with E-state index in [-0.39, 0.29) is 5.41 Å². The Bertz CT molecular complexity index is 445. The van der Waals surface area contributed by atoms with Crippen LogP contribution < -0.4 is 5.73 Å². The first-order valence-corrected chi connectivity index (χ1v) is 8.08. The third-order valence-corrected chi connectivity index (χ3v) is 4.86. The fourth-order valence-electron chi connectivity index (χ4n) is 2.93. The van der Waals surface area contributed by atoms with Gasteiger partial charge in [-0.3, -0.25) is 5.41 Å². The van der Waals surface area contributed by atoms with Gasteiger partial charge in [-0.1, -0.05) is 44.2 Å². The molecule has 0 aliphatic carbocycles. The number of hydrogen-bond acceptors (Lipinski definition) is 2. The van der Waals surface area contributed by atoms with Crippen LogP contribution in [0.5, 0.6) is 0 Å². The number of nitrogens with zero attached hydrogens (tertiary/aromatic N) is 1. The van der Waals surface area contributed by atoms with Gasteiger partial charge in [-0.25, -0.2) is 0 Å². The van der Waals surface area contributed by atoms with Crippen molar-refractivity contribution in [3.05, 3.63) is 35.9 Å². The lowest BCUT2D eigenvalue weighted by molar-refractivity contribution is 0.170. The molecule has 2 rings (SSSR count). The molecule has 3 nitrogen and oxygen atoms in total. The molecule has 3 heteroatoms. The molecule has 3 N–H and O–H groups in total. The zero-order valence-electron chi connectivity index (χ0n) is 13.4. The van der Waals surface area contributed by atoms with Gasteiger partial charge in [-0.05, 0) is 56.8 Å². The summed E-state index contributed by atoms with van der Waals surface area (Å²) >= 11 is 0. The minimum atomic E-state index is -0.166. The predicted molar refractivity (Wildman–Crippen MR) is 89.6 cm³/mol. The highest BCUT2D eigenvalue weighted by atomic mass is 15.1. The average molecular weight is 287 g/mol. The molecule has 0 saturated carbocycles. The number of nitrogens with one attached hydrogen (secondary N) is 1. The van der Waals surface area contributed by atoms with Gasteiger partial charge in [-0.2, -0.15) is 0 Å². The van der Waals surface area contributed by atoms with Crippen LogP contribution in [-0.2, 0) is 6.42 Å². The molecule has 1 aromatic rings. The normalized spacial score (nSPS) is 17.8. The first kappa shape index (κ1) is 16.0. The molecule has 116 valence electrons. The highest BCUT2D eigenvalue weighted by molar-refractivity contribution is 5.82. The molecule has 1 fully saturated rings. The lowest BCUT2D eigenvalue weighted by Gasteiger charge is -2.34. The van der Waals surface area contributed by atoms with E-state index >= 15 is 0 Å². The van der Waals surface area contributed by atoms with Gasteiger partial charge in [0.05, 0.1) is 5.84 Å². The van der Waals surface area contributed by atoms with Crippen LogP contribution in [0, 0.1) is 16.7 Å². The quantitative estimate of drug-likeness (QED) is 0.623. The number of likely N-dealkylation sites (tertiary alicyclic amines) is 1. The van der Waals surface area contributed by atoms with Gasteiger partial charge in [0.1, 0.15) is 0 Å². The van der Waals surface area contributed by atoms with E-state index in [0.29, 0.717) is 5.84 Å². The van der Waals surface area contributed by atoms with Crippen LogP contribution >= 0.6 is 0 Å². The topological polar surface area (TPSA) is 53.1 Å². The third kappa shape index (κ3) is 4.85. The second-order valence-corrected chi connectivity index (χ2v) is 7.02. The van der Waals surface area contributed by atoms with Crippen molar-refractivity contribution >= 4 is 5.84 Å². The van der Waals surface area contributed by atoms with Crippen LogP contribution in [0.1, 0.15) is 38.7 Å². The second-order valence-electron chi connectivity index (χ2n) is 7.02. The van der Waals surface area contributed by atoms with Gasteiger partial charge in [-0.15, -0.1) is 0 Å². The highest BCUT2D eigenvalue weighted by Gasteiger charge is 2.24. The standard InChI is InChI=1S/C18H29N3/c1-18(2,17(19)20)10-13-21-11-8-16(9-12-21)14-15-6-4-3-5-7-15/h3-7,16H,8-14H2,1-2H3,(H3,19,20). The maximum absolute atomic E-state index is 7.63. The van der Waals surface area contributed by atoms with Gasteiger partial charge in [0.25, 0.3) is 0 Å². The Balaban J connectivity index is 1.72. The van der Waals surface area contributed by atoms with Crippen molar-refractivity contribution in [2.24, 2.45) is 17.1 Å². The van der Waals surface area contributed by atoms with Gasteiger partial charge in [0.2, 0.25) is 0 Å². The molecule has 21 heavy (non-hydrogen) atoms. The fourth-order valence-corrected chi connectivity index (χ4v) is 2.93. The summed E-state index contributed by atoms with van der Waals surface area (Å²) in [4.78, 5) is 2.53. The van der Waals surface area contributed by atoms with E-state index in [0.717, 1.165) is 18.9 Å². The maximum atomic E-state index is 7.63.